The maximum atomic E-state index is 10.8. The summed E-state index contributed by atoms with van der Waals surface area (Å²) in [6.07, 6.45) is 1.29. The zero-order valence-electron chi connectivity index (χ0n) is 10.8. The van der Waals surface area contributed by atoms with Crippen LogP contribution in [0.25, 0.3) is 0 Å². The van der Waals surface area contributed by atoms with Crippen molar-refractivity contribution < 1.29 is 4.92 Å². The highest BCUT2D eigenvalue weighted by atomic mass is 16.6. The number of nitro benzene ring substituents is 1. The van der Waals surface area contributed by atoms with Crippen molar-refractivity contribution in [2.24, 2.45) is 11.8 Å². The molecule has 5 nitrogen and oxygen atoms in total. The molecule has 2 N–H and O–H groups in total. The van der Waals surface area contributed by atoms with E-state index < -0.39 is 4.92 Å². The molecule has 5 heteroatoms. The van der Waals surface area contributed by atoms with Crippen molar-refractivity contribution in [2.45, 2.75) is 19.9 Å². The summed E-state index contributed by atoms with van der Waals surface area (Å²) >= 11 is 0. The first-order valence-corrected chi connectivity index (χ1v) is 6.19. The molecule has 2 rings (SSSR count). The van der Waals surface area contributed by atoms with Gasteiger partial charge < -0.3 is 10.6 Å². The standard InChI is InChI=1S/C13H19N3O2/c1-9-6-11(9)8-15(2)7-10-4-3-5-12(13(10)14)16(17)18/h3-5,9,11H,6-8,14H2,1-2H3. The van der Waals surface area contributed by atoms with Gasteiger partial charge in [-0.2, -0.15) is 0 Å². The predicted molar refractivity (Wildman–Crippen MR) is 71.1 cm³/mol. The molecule has 0 radical (unpaired) electrons. The van der Waals surface area contributed by atoms with Gasteiger partial charge in [0.05, 0.1) is 4.92 Å². The van der Waals surface area contributed by atoms with E-state index in [4.69, 9.17) is 5.73 Å². The maximum Gasteiger partial charge on any atom is 0.292 e. The molecule has 1 aromatic carbocycles. The Morgan fingerprint density at radius 3 is 2.78 bits per heavy atom. The molecule has 1 saturated carbocycles. The first-order valence-electron chi connectivity index (χ1n) is 6.19. The van der Waals surface area contributed by atoms with Gasteiger partial charge in [0.2, 0.25) is 0 Å². The molecule has 0 aliphatic heterocycles. The molecule has 0 spiro atoms. The van der Waals surface area contributed by atoms with Gasteiger partial charge >= 0.3 is 0 Å². The Labute approximate surface area is 107 Å². The highest BCUT2D eigenvalue weighted by Crippen LogP contribution is 2.38. The van der Waals surface area contributed by atoms with Crippen LogP contribution in [0, 0.1) is 22.0 Å². The van der Waals surface area contributed by atoms with E-state index in [1.54, 1.807) is 6.07 Å². The van der Waals surface area contributed by atoms with E-state index in [0.29, 0.717) is 6.54 Å². The summed E-state index contributed by atoms with van der Waals surface area (Å²) in [4.78, 5) is 12.6. The summed E-state index contributed by atoms with van der Waals surface area (Å²) in [5.74, 6) is 1.59. The van der Waals surface area contributed by atoms with Crippen molar-refractivity contribution in [3.8, 4) is 0 Å². The van der Waals surface area contributed by atoms with Gasteiger partial charge in [-0.3, -0.25) is 10.1 Å². The van der Waals surface area contributed by atoms with E-state index in [1.165, 1.54) is 12.5 Å². The van der Waals surface area contributed by atoms with Crippen LogP contribution in [0.2, 0.25) is 0 Å². The molecular weight excluding hydrogens is 230 g/mol. The monoisotopic (exact) mass is 249 g/mol. The molecule has 1 fully saturated rings. The number of para-hydroxylation sites is 1. The largest absolute Gasteiger partial charge is 0.393 e. The average molecular weight is 249 g/mol. The van der Waals surface area contributed by atoms with E-state index >= 15 is 0 Å². The Morgan fingerprint density at radius 2 is 2.22 bits per heavy atom. The lowest BCUT2D eigenvalue weighted by molar-refractivity contribution is -0.384. The molecular formula is C13H19N3O2. The molecule has 0 aromatic heterocycles. The van der Waals surface area contributed by atoms with Gasteiger partial charge in [-0.05, 0) is 30.9 Å². The molecule has 18 heavy (non-hydrogen) atoms. The van der Waals surface area contributed by atoms with E-state index in [2.05, 4.69) is 11.8 Å². The Balaban J connectivity index is 2.04. The van der Waals surface area contributed by atoms with E-state index in [0.717, 1.165) is 23.9 Å². The summed E-state index contributed by atoms with van der Waals surface area (Å²) in [5, 5.41) is 10.8. The number of nitrogens with zero attached hydrogens (tertiary/aromatic N) is 2. The number of hydrogen-bond donors (Lipinski definition) is 1. The van der Waals surface area contributed by atoms with Crippen LogP contribution in [-0.4, -0.2) is 23.4 Å². The van der Waals surface area contributed by atoms with Crippen LogP contribution in [0.3, 0.4) is 0 Å². The summed E-state index contributed by atoms with van der Waals surface area (Å²) in [5.41, 5.74) is 6.96. The number of anilines is 1. The van der Waals surface area contributed by atoms with E-state index in [-0.39, 0.29) is 11.4 Å². The zero-order valence-corrected chi connectivity index (χ0v) is 10.8. The second kappa shape index (κ2) is 4.94. The van der Waals surface area contributed by atoms with E-state index in [9.17, 15) is 10.1 Å². The predicted octanol–water partition coefficient (Wildman–Crippen LogP) is 2.26. The van der Waals surface area contributed by atoms with Gasteiger partial charge in [0.1, 0.15) is 5.69 Å². The van der Waals surface area contributed by atoms with Crippen LogP contribution in [0.5, 0.6) is 0 Å². The summed E-state index contributed by atoms with van der Waals surface area (Å²) < 4.78 is 0. The van der Waals surface area contributed by atoms with Crippen LogP contribution >= 0.6 is 0 Å². The lowest BCUT2D eigenvalue weighted by Crippen LogP contribution is -2.21. The highest BCUT2D eigenvalue weighted by molar-refractivity contribution is 5.62. The number of benzene rings is 1. The zero-order chi connectivity index (χ0) is 13.3. The summed E-state index contributed by atoms with van der Waals surface area (Å²) in [7, 11) is 2.03. The molecule has 2 atom stereocenters. The van der Waals surface area contributed by atoms with Crippen molar-refractivity contribution in [1.29, 1.82) is 0 Å². The normalized spacial score (nSPS) is 22.2. The molecule has 1 aromatic rings. The second-order valence-corrected chi connectivity index (χ2v) is 5.28. The first kappa shape index (κ1) is 12.8. The van der Waals surface area contributed by atoms with Crippen LogP contribution in [0.4, 0.5) is 11.4 Å². The third-order valence-electron chi connectivity index (χ3n) is 3.63. The van der Waals surface area contributed by atoms with Crippen molar-refractivity contribution in [3.63, 3.8) is 0 Å². The minimum absolute atomic E-state index is 0.000639. The van der Waals surface area contributed by atoms with Crippen molar-refractivity contribution in [3.05, 3.63) is 33.9 Å². The Kier molecular flexibility index (Phi) is 3.52. The Bertz CT molecular complexity index is 462. The topological polar surface area (TPSA) is 72.4 Å². The van der Waals surface area contributed by atoms with Gasteiger partial charge in [-0.25, -0.2) is 0 Å². The van der Waals surface area contributed by atoms with Gasteiger partial charge in [0.25, 0.3) is 5.69 Å². The summed E-state index contributed by atoms with van der Waals surface area (Å²) in [6.45, 7) is 3.94. The van der Waals surface area contributed by atoms with Crippen molar-refractivity contribution >= 4 is 11.4 Å². The third-order valence-corrected chi connectivity index (χ3v) is 3.63. The SMILES string of the molecule is CC1CC1CN(C)Cc1cccc([N+](=O)[O-])c1N. The molecule has 0 amide bonds. The van der Waals surface area contributed by atoms with Gasteiger partial charge in [-0.1, -0.05) is 19.1 Å². The van der Waals surface area contributed by atoms with Gasteiger partial charge in [0, 0.05) is 19.2 Å². The molecule has 0 heterocycles. The first-order chi connectivity index (χ1) is 8.49. The number of hydrogen-bond acceptors (Lipinski definition) is 4. The Morgan fingerprint density at radius 1 is 1.56 bits per heavy atom. The van der Waals surface area contributed by atoms with Crippen LogP contribution in [0.15, 0.2) is 18.2 Å². The number of nitrogens with two attached hydrogens (primary N) is 1. The maximum absolute atomic E-state index is 10.8. The smallest absolute Gasteiger partial charge is 0.292 e. The van der Waals surface area contributed by atoms with Crippen LogP contribution < -0.4 is 5.73 Å². The van der Waals surface area contributed by atoms with Crippen molar-refractivity contribution in [2.75, 3.05) is 19.3 Å². The minimum atomic E-state index is -0.429. The molecule has 0 bridgehead atoms. The quantitative estimate of drug-likeness (QED) is 0.493. The molecule has 1 aliphatic carbocycles. The summed E-state index contributed by atoms with van der Waals surface area (Å²) in [6, 6.07) is 4.99. The average Bonchev–Trinajstić information content (AvgIpc) is 2.96. The fraction of sp³-hybridized carbons (Fsp3) is 0.538. The van der Waals surface area contributed by atoms with Crippen molar-refractivity contribution in [1.82, 2.24) is 4.90 Å². The highest BCUT2D eigenvalue weighted by Gasteiger charge is 2.33. The molecule has 98 valence electrons. The fourth-order valence-electron chi connectivity index (χ4n) is 2.31. The number of rotatable bonds is 5. The van der Waals surface area contributed by atoms with Gasteiger partial charge in [-0.15, -0.1) is 0 Å². The van der Waals surface area contributed by atoms with E-state index in [1.807, 2.05) is 13.1 Å². The minimum Gasteiger partial charge on any atom is -0.393 e. The number of nitro groups is 1. The Hall–Kier alpha value is -1.62. The third kappa shape index (κ3) is 2.79. The lowest BCUT2D eigenvalue weighted by Gasteiger charge is -2.17. The van der Waals surface area contributed by atoms with Crippen LogP contribution in [0.1, 0.15) is 18.9 Å². The number of nitrogen functional groups attached to an aromatic ring is 1. The molecule has 1 aliphatic rings. The van der Waals surface area contributed by atoms with Gasteiger partial charge in [0.15, 0.2) is 0 Å². The second-order valence-electron chi connectivity index (χ2n) is 5.28. The molecule has 2 unspecified atom stereocenters. The molecule has 0 saturated heterocycles. The van der Waals surface area contributed by atoms with Crippen LogP contribution in [-0.2, 0) is 6.54 Å². The lowest BCUT2D eigenvalue weighted by atomic mass is 10.1. The fourth-order valence-corrected chi connectivity index (χ4v) is 2.31.